The molecular formula is C18H36IN3O3S. The molecule has 0 aromatic rings. The minimum atomic E-state index is -2.93. The Kier molecular flexibility index (Phi) is 8.66. The standard InChI is InChI=1S/C18H35N3O3S.HI/c1-6-24-15-12-14(18(15)8-7-9-18)21-16(19-4)20-13-17(2,3)10-11-25(5,22)23;/h14-15H,6-13H2,1-5H3,(H2,19,20,21);1H. The van der Waals surface area contributed by atoms with Gasteiger partial charge in [-0.05, 0) is 38.0 Å². The van der Waals surface area contributed by atoms with Crippen LogP contribution in [0.5, 0.6) is 0 Å². The van der Waals surface area contributed by atoms with Gasteiger partial charge in [0.2, 0.25) is 0 Å². The minimum Gasteiger partial charge on any atom is -0.378 e. The van der Waals surface area contributed by atoms with Gasteiger partial charge in [-0.2, -0.15) is 0 Å². The summed E-state index contributed by atoms with van der Waals surface area (Å²) in [6.07, 6.45) is 7.08. The molecular weight excluding hydrogens is 465 g/mol. The minimum absolute atomic E-state index is 0. The quantitative estimate of drug-likeness (QED) is 0.304. The van der Waals surface area contributed by atoms with Crippen molar-refractivity contribution >= 4 is 39.8 Å². The Morgan fingerprint density at radius 1 is 1.35 bits per heavy atom. The van der Waals surface area contributed by atoms with Gasteiger partial charge in [0.25, 0.3) is 0 Å². The van der Waals surface area contributed by atoms with Gasteiger partial charge >= 0.3 is 0 Å². The predicted octanol–water partition coefficient (Wildman–Crippen LogP) is 2.58. The van der Waals surface area contributed by atoms with Gasteiger partial charge in [0.15, 0.2) is 5.96 Å². The molecule has 0 aromatic heterocycles. The number of nitrogens with one attached hydrogen (secondary N) is 2. The molecule has 0 aromatic carbocycles. The van der Waals surface area contributed by atoms with Crippen LogP contribution in [0, 0.1) is 10.8 Å². The van der Waals surface area contributed by atoms with E-state index in [1.54, 1.807) is 7.05 Å². The van der Waals surface area contributed by atoms with E-state index in [1.165, 1.54) is 25.5 Å². The number of rotatable bonds is 8. The molecule has 2 aliphatic carbocycles. The van der Waals surface area contributed by atoms with Gasteiger partial charge in [-0.15, -0.1) is 24.0 Å². The maximum absolute atomic E-state index is 11.4. The van der Waals surface area contributed by atoms with Crippen molar-refractivity contribution in [2.24, 2.45) is 15.8 Å². The van der Waals surface area contributed by atoms with E-state index < -0.39 is 9.84 Å². The summed E-state index contributed by atoms with van der Waals surface area (Å²) < 4.78 is 28.7. The van der Waals surface area contributed by atoms with Gasteiger partial charge in [-0.25, -0.2) is 8.42 Å². The lowest BCUT2D eigenvalue weighted by atomic mass is 9.51. The molecule has 6 nitrogen and oxygen atoms in total. The Labute approximate surface area is 176 Å². The molecule has 2 atom stereocenters. The normalized spacial score (nSPS) is 25.0. The first-order valence-corrected chi connectivity index (χ1v) is 11.4. The molecule has 2 saturated carbocycles. The summed E-state index contributed by atoms with van der Waals surface area (Å²) >= 11 is 0. The summed E-state index contributed by atoms with van der Waals surface area (Å²) in [5.74, 6) is 1.02. The van der Waals surface area contributed by atoms with Crippen molar-refractivity contribution in [2.75, 3.05) is 32.2 Å². The van der Waals surface area contributed by atoms with Crippen molar-refractivity contribution < 1.29 is 13.2 Å². The van der Waals surface area contributed by atoms with E-state index in [0.717, 1.165) is 19.0 Å². The maximum Gasteiger partial charge on any atom is 0.191 e. The summed E-state index contributed by atoms with van der Waals surface area (Å²) in [6.45, 7) is 7.70. The molecule has 2 fully saturated rings. The molecule has 0 saturated heterocycles. The topological polar surface area (TPSA) is 79.8 Å². The van der Waals surface area contributed by atoms with Crippen LogP contribution < -0.4 is 10.6 Å². The third-order valence-electron chi connectivity index (χ3n) is 5.86. The third-order valence-corrected chi connectivity index (χ3v) is 6.80. The lowest BCUT2D eigenvalue weighted by Gasteiger charge is -2.61. The van der Waals surface area contributed by atoms with Crippen LogP contribution in [0.25, 0.3) is 0 Å². The van der Waals surface area contributed by atoms with Crippen LogP contribution >= 0.6 is 24.0 Å². The maximum atomic E-state index is 11.4. The predicted molar refractivity (Wildman–Crippen MR) is 118 cm³/mol. The van der Waals surface area contributed by atoms with Gasteiger partial charge in [-0.3, -0.25) is 4.99 Å². The van der Waals surface area contributed by atoms with Crippen molar-refractivity contribution in [2.45, 2.75) is 65.0 Å². The first-order valence-electron chi connectivity index (χ1n) is 9.38. The van der Waals surface area contributed by atoms with Crippen LogP contribution in [-0.4, -0.2) is 58.7 Å². The second-order valence-corrected chi connectivity index (χ2v) is 10.7. The van der Waals surface area contributed by atoms with Crippen molar-refractivity contribution in [1.29, 1.82) is 0 Å². The van der Waals surface area contributed by atoms with E-state index in [-0.39, 0.29) is 35.1 Å². The monoisotopic (exact) mass is 501 g/mol. The molecule has 0 bridgehead atoms. The van der Waals surface area contributed by atoms with E-state index in [9.17, 15) is 8.42 Å². The van der Waals surface area contributed by atoms with Gasteiger partial charge in [0, 0.05) is 37.9 Å². The highest BCUT2D eigenvalue weighted by atomic mass is 127. The third kappa shape index (κ3) is 5.95. The fourth-order valence-corrected chi connectivity index (χ4v) is 4.80. The van der Waals surface area contributed by atoms with Crippen LogP contribution in [0.4, 0.5) is 0 Å². The molecule has 8 heteroatoms. The molecule has 2 rings (SSSR count). The summed E-state index contributed by atoms with van der Waals surface area (Å²) in [5.41, 5.74) is 0.182. The van der Waals surface area contributed by atoms with Gasteiger partial charge in [0.1, 0.15) is 9.84 Å². The average Bonchev–Trinajstić information content (AvgIpc) is 2.45. The van der Waals surface area contributed by atoms with E-state index >= 15 is 0 Å². The van der Waals surface area contributed by atoms with Crippen LogP contribution in [0.2, 0.25) is 0 Å². The molecule has 2 N–H and O–H groups in total. The molecule has 0 amide bonds. The molecule has 1 spiro atoms. The zero-order valence-corrected chi connectivity index (χ0v) is 19.9. The summed E-state index contributed by atoms with van der Waals surface area (Å²) in [4.78, 5) is 4.35. The van der Waals surface area contributed by atoms with E-state index in [4.69, 9.17) is 4.74 Å². The summed E-state index contributed by atoms with van der Waals surface area (Å²) in [7, 11) is -1.14. The van der Waals surface area contributed by atoms with Crippen LogP contribution in [-0.2, 0) is 14.6 Å². The number of halogens is 1. The SMILES string of the molecule is CCOC1CC(NC(=NC)NCC(C)(C)CCS(C)(=O)=O)C12CCC2.I. The fourth-order valence-electron chi connectivity index (χ4n) is 3.87. The van der Waals surface area contributed by atoms with Crippen LogP contribution in [0.15, 0.2) is 4.99 Å². The molecule has 154 valence electrons. The van der Waals surface area contributed by atoms with Crippen molar-refractivity contribution in [3.63, 3.8) is 0 Å². The highest BCUT2D eigenvalue weighted by Crippen LogP contribution is 2.57. The number of ether oxygens (including phenoxy) is 1. The first-order chi connectivity index (χ1) is 11.6. The number of nitrogens with zero attached hydrogens (tertiary/aromatic N) is 1. The zero-order chi connectivity index (χ0) is 18.7. The Morgan fingerprint density at radius 3 is 2.46 bits per heavy atom. The van der Waals surface area contributed by atoms with Gasteiger partial charge < -0.3 is 15.4 Å². The Balaban J connectivity index is 0.00000338. The Morgan fingerprint density at radius 2 is 2.00 bits per heavy atom. The van der Waals surface area contributed by atoms with Gasteiger partial charge in [0.05, 0.1) is 11.9 Å². The highest BCUT2D eigenvalue weighted by Gasteiger charge is 2.59. The molecule has 2 unspecified atom stereocenters. The van der Waals surface area contributed by atoms with E-state index in [1.807, 2.05) is 0 Å². The molecule has 2 aliphatic rings. The number of hydrogen-bond acceptors (Lipinski definition) is 4. The zero-order valence-electron chi connectivity index (χ0n) is 16.8. The van der Waals surface area contributed by atoms with E-state index in [2.05, 4.69) is 36.4 Å². The number of guanidine groups is 1. The number of sulfone groups is 1. The number of aliphatic imine (C=N–C) groups is 1. The molecule has 0 aliphatic heterocycles. The average molecular weight is 501 g/mol. The fraction of sp³-hybridized carbons (Fsp3) is 0.944. The highest BCUT2D eigenvalue weighted by molar-refractivity contribution is 14.0. The molecule has 0 heterocycles. The summed E-state index contributed by atoms with van der Waals surface area (Å²) in [5, 5.41) is 6.95. The van der Waals surface area contributed by atoms with Crippen molar-refractivity contribution in [1.82, 2.24) is 10.6 Å². The smallest absolute Gasteiger partial charge is 0.191 e. The second kappa shape index (κ2) is 9.41. The van der Waals surface area contributed by atoms with E-state index in [0.29, 0.717) is 30.5 Å². The van der Waals surface area contributed by atoms with Crippen LogP contribution in [0.1, 0.15) is 52.9 Å². The largest absolute Gasteiger partial charge is 0.378 e. The Bertz CT molecular complexity index is 588. The molecule has 0 radical (unpaired) electrons. The van der Waals surface area contributed by atoms with Gasteiger partial charge in [-0.1, -0.05) is 20.3 Å². The van der Waals surface area contributed by atoms with Crippen molar-refractivity contribution in [3.8, 4) is 0 Å². The lowest BCUT2D eigenvalue weighted by Crippen LogP contribution is -2.68. The number of hydrogen-bond donors (Lipinski definition) is 2. The summed E-state index contributed by atoms with van der Waals surface area (Å²) in [6, 6.07) is 0.420. The van der Waals surface area contributed by atoms with Crippen molar-refractivity contribution in [3.05, 3.63) is 0 Å². The Hall–Kier alpha value is -0.0900. The second-order valence-electron chi connectivity index (χ2n) is 8.43. The molecule has 26 heavy (non-hydrogen) atoms. The first kappa shape index (κ1) is 23.9. The van der Waals surface area contributed by atoms with Crippen LogP contribution in [0.3, 0.4) is 0 Å². The lowest BCUT2D eigenvalue weighted by molar-refractivity contribution is -0.168.